The maximum atomic E-state index is 12.2. The molecule has 65 heavy (non-hydrogen) atoms. The summed E-state index contributed by atoms with van der Waals surface area (Å²) in [5.41, 5.74) is 0. The van der Waals surface area contributed by atoms with E-state index in [9.17, 15) is 14.7 Å². The third-order valence-corrected chi connectivity index (χ3v) is 13.8. The second-order valence-corrected chi connectivity index (χ2v) is 20.4. The molecule has 0 aromatic rings. The molecule has 1 N–H and O–H groups in total. The molecule has 0 aliphatic heterocycles. The summed E-state index contributed by atoms with van der Waals surface area (Å²) in [6.07, 6.45) is 70.8. The number of hydrogen-bond donors (Lipinski definition) is 1. The summed E-state index contributed by atoms with van der Waals surface area (Å²) < 4.78 is 10.7. The van der Waals surface area contributed by atoms with Gasteiger partial charge in [-0.05, 0) is 38.5 Å². The fourth-order valence-electron chi connectivity index (χ4n) is 9.32. The molecule has 0 fully saturated rings. The molecule has 5 nitrogen and oxygen atoms in total. The van der Waals surface area contributed by atoms with E-state index in [0.29, 0.717) is 12.8 Å². The smallest absolute Gasteiger partial charge is 0.306 e. The molecule has 0 rings (SSSR count). The zero-order valence-corrected chi connectivity index (χ0v) is 44.3. The Hall–Kier alpha value is -1.36. The zero-order valence-electron chi connectivity index (χ0n) is 44.3. The number of unbranched alkanes of at least 4 members (excludes halogenated alkanes) is 46. The van der Waals surface area contributed by atoms with Gasteiger partial charge in [-0.1, -0.05) is 302 Å². The Kier molecular flexibility index (Phi) is 55.8. The van der Waals surface area contributed by atoms with Crippen molar-refractivity contribution in [2.24, 2.45) is 0 Å². The number of rotatable bonds is 56. The monoisotopic (exact) mass is 917 g/mol. The highest BCUT2D eigenvalue weighted by Crippen LogP contribution is 2.18. The summed E-state index contributed by atoms with van der Waals surface area (Å²) >= 11 is 0. The summed E-state index contributed by atoms with van der Waals surface area (Å²) in [7, 11) is 0. The minimum Gasteiger partial charge on any atom is -0.462 e. The van der Waals surface area contributed by atoms with E-state index in [1.807, 2.05) is 0 Å². The lowest BCUT2D eigenvalue weighted by Crippen LogP contribution is -2.28. The normalized spacial score (nSPS) is 12.1. The number of carbonyl (C=O) groups excluding carboxylic acids is 2. The zero-order chi connectivity index (χ0) is 47.0. The van der Waals surface area contributed by atoms with Gasteiger partial charge in [-0.25, -0.2) is 0 Å². The maximum Gasteiger partial charge on any atom is 0.306 e. The van der Waals surface area contributed by atoms with Crippen molar-refractivity contribution in [3.63, 3.8) is 0 Å². The Morgan fingerprint density at radius 2 is 0.569 bits per heavy atom. The van der Waals surface area contributed by atoms with E-state index in [1.165, 1.54) is 276 Å². The minimum atomic E-state index is -0.771. The maximum absolute atomic E-state index is 12.2. The average Bonchev–Trinajstić information content (AvgIpc) is 3.31. The SMILES string of the molecule is CCCCCCC/C=C\CCCCCCCC(=O)OC(CO)COC(=O)CCCCCCCCCCCCCCCCCCCCCCCCCCCCCCCCCCCCCCC. The van der Waals surface area contributed by atoms with Crippen molar-refractivity contribution < 1.29 is 24.2 Å². The lowest BCUT2D eigenvalue weighted by atomic mass is 10.0. The highest BCUT2D eigenvalue weighted by molar-refractivity contribution is 5.70. The third kappa shape index (κ3) is 55.1. The summed E-state index contributed by atoms with van der Waals surface area (Å²) in [5.74, 6) is -0.582. The number of ether oxygens (including phenoxy) is 2. The molecule has 0 bridgehead atoms. The van der Waals surface area contributed by atoms with Crippen molar-refractivity contribution in [1.82, 2.24) is 0 Å². The van der Waals surface area contributed by atoms with Gasteiger partial charge in [0.1, 0.15) is 6.61 Å². The molecule has 0 amide bonds. The van der Waals surface area contributed by atoms with Crippen molar-refractivity contribution in [2.45, 2.75) is 347 Å². The lowest BCUT2D eigenvalue weighted by molar-refractivity contribution is -0.161. The van der Waals surface area contributed by atoms with Gasteiger partial charge in [0.25, 0.3) is 0 Å². The van der Waals surface area contributed by atoms with Crippen LogP contribution in [0.25, 0.3) is 0 Å². The molecule has 1 atom stereocenters. The van der Waals surface area contributed by atoms with Crippen molar-refractivity contribution >= 4 is 11.9 Å². The van der Waals surface area contributed by atoms with Gasteiger partial charge in [0.2, 0.25) is 0 Å². The number of carbonyl (C=O) groups is 2. The first kappa shape index (κ1) is 63.6. The number of esters is 2. The van der Waals surface area contributed by atoms with Crippen LogP contribution in [-0.4, -0.2) is 36.4 Å². The fraction of sp³-hybridized carbons (Fsp3) is 0.933. The molecule has 5 heteroatoms. The molecule has 0 aromatic carbocycles. The van der Waals surface area contributed by atoms with Crippen LogP contribution in [0.3, 0.4) is 0 Å². The van der Waals surface area contributed by atoms with Crippen LogP contribution in [0.15, 0.2) is 12.2 Å². The summed E-state index contributed by atoms with van der Waals surface area (Å²) in [5, 5.41) is 9.62. The highest BCUT2D eigenvalue weighted by Gasteiger charge is 2.16. The largest absolute Gasteiger partial charge is 0.462 e. The molecule has 0 saturated carbocycles. The van der Waals surface area contributed by atoms with E-state index in [4.69, 9.17) is 9.47 Å². The molecule has 0 aliphatic rings. The molecule has 0 aromatic heterocycles. The van der Waals surface area contributed by atoms with Gasteiger partial charge in [-0.2, -0.15) is 0 Å². The molecule has 0 spiro atoms. The molecule has 0 heterocycles. The Bertz CT molecular complexity index is 948. The Morgan fingerprint density at radius 1 is 0.338 bits per heavy atom. The van der Waals surface area contributed by atoms with E-state index in [-0.39, 0.29) is 25.2 Å². The van der Waals surface area contributed by atoms with Crippen LogP contribution >= 0.6 is 0 Å². The molecular formula is C60H116O5. The van der Waals surface area contributed by atoms with Gasteiger partial charge >= 0.3 is 11.9 Å². The van der Waals surface area contributed by atoms with Gasteiger partial charge in [0.05, 0.1) is 6.61 Å². The first-order chi connectivity index (χ1) is 32.1. The molecule has 0 saturated heterocycles. The van der Waals surface area contributed by atoms with E-state index < -0.39 is 6.10 Å². The van der Waals surface area contributed by atoms with E-state index >= 15 is 0 Å². The third-order valence-electron chi connectivity index (χ3n) is 13.8. The fourth-order valence-corrected chi connectivity index (χ4v) is 9.32. The van der Waals surface area contributed by atoms with Crippen molar-refractivity contribution in [3.05, 3.63) is 12.2 Å². The highest BCUT2D eigenvalue weighted by atomic mass is 16.6. The van der Waals surface area contributed by atoms with Crippen LogP contribution in [0, 0.1) is 0 Å². The van der Waals surface area contributed by atoms with Crippen LogP contribution in [0.4, 0.5) is 0 Å². The Morgan fingerprint density at radius 3 is 0.831 bits per heavy atom. The standard InChI is InChI=1S/C60H116O5/c1-3-5-7-9-11-13-15-17-19-20-21-22-23-24-25-26-27-28-29-30-31-32-33-34-35-36-37-38-39-40-41-43-44-46-48-50-52-54-59(62)64-57-58(56-61)65-60(63)55-53-51-49-47-45-42-18-16-14-12-10-8-6-4-2/h16,18,58,61H,3-15,17,19-57H2,1-2H3/b18-16-. The van der Waals surface area contributed by atoms with Crippen LogP contribution in [0.2, 0.25) is 0 Å². The van der Waals surface area contributed by atoms with E-state index in [0.717, 1.165) is 38.5 Å². The number of aliphatic hydroxyl groups is 1. The second kappa shape index (κ2) is 57.0. The lowest BCUT2D eigenvalue weighted by Gasteiger charge is -2.15. The van der Waals surface area contributed by atoms with E-state index in [1.54, 1.807) is 0 Å². The topological polar surface area (TPSA) is 72.8 Å². The van der Waals surface area contributed by atoms with E-state index in [2.05, 4.69) is 26.0 Å². The molecular weight excluding hydrogens is 801 g/mol. The predicted molar refractivity (Wildman–Crippen MR) is 284 cm³/mol. The number of hydrogen-bond acceptors (Lipinski definition) is 5. The van der Waals surface area contributed by atoms with Crippen molar-refractivity contribution in [2.75, 3.05) is 13.2 Å². The van der Waals surface area contributed by atoms with Gasteiger partial charge in [-0.15, -0.1) is 0 Å². The predicted octanol–water partition coefficient (Wildman–Crippen LogP) is 19.9. The first-order valence-electron chi connectivity index (χ1n) is 29.7. The Labute approximate surface area is 407 Å². The molecule has 386 valence electrons. The van der Waals surface area contributed by atoms with Crippen LogP contribution < -0.4 is 0 Å². The van der Waals surface area contributed by atoms with Crippen LogP contribution in [0.1, 0.15) is 341 Å². The summed E-state index contributed by atoms with van der Waals surface area (Å²) in [6.45, 7) is 4.17. The van der Waals surface area contributed by atoms with Gasteiger partial charge in [-0.3, -0.25) is 9.59 Å². The minimum absolute atomic E-state index is 0.0625. The molecule has 0 aliphatic carbocycles. The average molecular weight is 918 g/mol. The summed E-state index contributed by atoms with van der Waals surface area (Å²) in [4.78, 5) is 24.4. The molecule has 1 unspecified atom stereocenters. The van der Waals surface area contributed by atoms with Gasteiger partial charge < -0.3 is 14.6 Å². The second-order valence-electron chi connectivity index (χ2n) is 20.4. The van der Waals surface area contributed by atoms with Gasteiger partial charge in [0.15, 0.2) is 6.10 Å². The summed E-state index contributed by atoms with van der Waals surface area (Å²) in [6, 6.07) is 0. The van der Waals surface area contributed by atoms with Crippen molar-refractivity contribution in [3.8, 4) is 0 Å². The van der Waals surface area contributed by atoms with Gasteiger partial charge in [0, 0.05) is 12.8 Å². The number of aliphatic hydroxyl groups excluding tert-OH is 1. The molecule has 0 radical (unpaired) electrons. The van der Waals surface area contributed by atoms with Crippen LogP contribution in [-0.2, 0) is 19.1 Å². The first-order valence-corrected chi connectivity index (χ1v) is 29.7. The van der Waals surface area contributed by atoms with Crippen LogP contribution in [0.5, 0.6) is 0 Å². The Balaban J connectivity index is 3.33. The van der Waals surface area contributed by atoms with Crippen molar-refractivity contribution in [1.29, 1.82) is 0 Å². The quantitative estimate of drug-likeness (QED) is 0.0374. The number of allylic oxidation sites excluding steroid dienone is 2.